The SMILES string of the molecule is C=CC[C@@](NC(=O)OC(C)(C)C)(C(=O)O)C(F)(F)F. The van der Waals surface area contributed by atoms with Crippen LogP contribution in [0.4, 0.5) is 18.0 Å². The van der Waals surface area contributed by atoms with Gasteiger partial charge in [0.2, 0.25) is 5.54 Å². The van der Waals surface area contributed by atoms with Crippen LogP contribution >= 0.6 is 0 Å². The van der Waals surface area contributed by atoms with Gasteiger partial charge in [0.25, 0.3) is 0 Å². The van der Waals surface area contributed by atoms with Crippen molar-refractivity contribution in [3.05, 3.63) is 12.7 Å². The maximum atomic E-state index is 12.9. The number of carboxylic acid groups (broad SMARTS) is 1. The summed E-state index contributed by atoms with van der Waals surface area (Å²) < 4.78 is 43.4. The molecule has 110 valence electrons. The van der Waals surface area contributed by atoms with Gasteiger partial charge in [-0.05, 0) is 20.8 Å². The molecule has 0 aliphatic carbocycles. The van der Waals surface area contributed by atoms with E-state index in [4.69, 9.17) is 5.11 Å². The Morgan fingerprint density at radius 1 is 1.32 bits per heavy atom. The van der Waals surface area contributed by atoms with Crippen molar-refractivity contribution in [1.29, 1.82) is 0 Å². The van der Waals surface area contributed by atoms with Crippen LogP contribution in [0.15, 0.2) is 12.7 Å². The fourth-order valence-corrected chi connectivity index (χ4v) is 1.19. The van der Waals surface area contributed by atoms with Crippen LogP contribution in [-0.4, -0.2) is 34.5 Å². The summed E-state index contributed by atoms with van der Waals surface area (Å²) in [5, 5.41) is 10.2. The third-order valence-corrected chi connectivity index (χ3v) is 2.01. The van der Waals surface area contributed by atoms with Gasteiger partial charge in [-0.25, -0.2) is 9.59 Å². The maximum Gasteiger partial charge on any atom is 0.422 e. The van der Waals surface area contributed by atoms with E-state index in [1.54, 1.807) is 0 Å². The number of nitrogens with one attached hydrogen (secondary N) is 1. The Morgan fingerprint density at radius 3 is 2.05 bits per heavy atom. The molecule has 0 rings (SSSR count). The van der Waals surface area contributed by atoms with Crippen LogP contribution in [0.2, 0.25) is 0 Å². The van der Waals surface area contributed by atoms with Gasteiger partial charge in [0.05, 0.1) is 0 Å². The average Bonchev–Trinajstić information content (AvgIpc) is 2.11. The highest BCUT2D eigenvalue weighted by molar-refractivity contribution is 5.85. The normalized spacial score (nSPS) is 15.3. The van der Waals surface area contributed by atoms with Gasteiger partial charge in [-0.3, -0.25) is 5.32 Å². The van der Waals surface area contributed by atoms with Crippen LogP contribution in [0.3, 0.4) is 0 Å². The van der Waals surface area contributed by atoms with Crippen molar-refractivity contribution in [2.75, 3.05) is 0 Å². The molecule has 5 nitrogen and oxygen atoms in total. The lowest BCUT2D eigenvalue weighted by Crippen LogP contribution is -2.64. The van der Waals surface area contributed by atoms with Crippen molar-refractivity contribution >= 4 is 12.1 Å². The highest BCUT2D eigenvalue weighted by atomic mass is 19.4. The summed E-state index contributed by atoms with van der Waals surface area (Å²) in [5.41, 5.74) is -4.49. The van der Waals surface area contributed by atoms with E-state index in [9.17, 15) is 22.8 Å². The Morgan fingerprint density at radius 2 is 1.79 bits per heavy atom. The van der Waals surface area contributed by atoms with Gasteiger partial charge in [-0.2, -0.15) is 13.2 Å². The highest BCUT2D eigenvalue weighted by Crippen LogP contribution is 2.34. The van der Waals surface area contributed by atoms with E-state index in [-0.39, 0.29) is 0 Å². The number of ether oxygens (including phenoxy) is 1. The molecule has 0 saturated heterocycles. The van der Waals surface area contributed by atoms with Crippen molar-refractivity contribution in [3.63, 3.8) is 0 Å². The van der Waals surface area contributed by atoms with Crippen molar-refractivity contribution in [3.8, 4) is 0 Å². The number of carbonyl (C=O) groups is 2. The van der Waals surface area contributed by atoms with E-state index >= 15 is 0 Å². The van der Waals surface area contributed by atoms with Gasteiger partial charge in [0.15, 0.2) is 0 Å². The summed E-state index contributed by atoms with van der Waals surface area (Å²) in [6.45, 7) is 7.39. The molecule has 8 heteroatoms. The molecule has 0 heterocycles. The first-order valence-electron chi connectivity index (χ1n) is 5.28. The zero-order valence-corrected chi connectivity index (χ0v) is 10.8. The van der Waals surface area contributed by atoms with Crippen LogP contribution < -0.4 is 5.32 Å². The fourth-order valence-electron chi connectivity index (χ4n) is 1.19. The molecule has 0 aliphatic heterocycles. The summed E-state index contributed by atoms with van der Waals surface area (Å²) in [7, 11) is 0. The number of alkyl carbamates (subject to hydrolysis) is 1. The second-order valence-corrected chi connectivity index (χ2v) is 4.83. The van der Waals surface area contributed by atoms with Gasteiger partial charge in [-0.15, -0.1) is 6.58 Å². The third kappa shape index (κ3) is 4.46. The molecular formula is C11H16F3NO4. The Hall–Kier alpha value is -1.73. The largest absolute Gasteiger partial charge is 0.479 e. The number of amides is 1. The van der Waals surface area contributed by atoms with Gasteiger partial charge in [-0.1, -0.05) is 6.08 Å². The molecule has 0 aliphatic rings. The van der Waals surface area contributed by atoms with E-state index < -0.39 is 35.8 Å². The fraction of sp³-hybridized carbons (Fsp3) is 0.636. The van der Waals surface area contributed by atoms with Crippen molar-refractivity contribution in [2.45, 2.75) is 44.5 Å². The first kappa shape index (κ1) is 17.3. The Kier molecular flexibility index (Phi) is 5.00. The Balaban J connectivity index is 5.33. The van der Waals surface area contributed by atoms with Gasteiger partial charge in [0, 0.05) is 6.42 Å². The lowest BCUT2D eigenvalue weighted by Gasteiger charge is -2.32. The number of halogens is 3. The number of carboxylic acids is 1. The topological polar surface area (TPSA) is 75.6 Å². The average molecular weight is 283 g/mol. The monoisotopic (exact) mass is 283 g/mol. The molecule has 1 atom stereocenters. The number of hydrogen-bond acceptors (Lipinski definition) is 3. The molecule has 0 fully saturated rings. The first-order chi connectivity index (χ1) is 8.35. The Labute approximate surface area is 108 Å². The van der Waals surface area contributed by atoms with Crippen LogP contribution in [0.5, 0.6) is 0 Å². The molecule has 1 amide bonds. The smallest absolute Gasteiger partial charge is 0.422 e. The molecule has 0 spiro atoms. The molecule has 0 bridgehead atoms. The predicted octanol–water partition coefficient (Wildman–Crippen LogP) is 2.47. The van der Waals surface area contributed by atoms with Crippen LogP contribution in [-0.2, 0) is 9.53 Å². The molecule has 0 saturated carbocycles. The summed E-state index contributed by atoms with van der Waals surface area (Å²) in [4.78, 5) is 22.3. The van der Waals surface area contributed by atoms with Crippen molar-refractivity contribution in [2.24, 2.45) is 0 Å². The van der Waals surface area contributed by atoms with Crippen LogP contribution in [0.25, 0.3) is 0 Å². The lowest BCUT2D eigenvalue weighted by molar-refractivity contribution is -0.208. The minimum absolute atomic E-state index is 0.763. The van der Waals surface area contributed by atoms with Gasteiger partial charge in [0.1, 0.15) is 5.60 Å². The maximum absolute atomic E-state index is 12.9. The minimum Gasteiger partial charge on any atom is -0.479 e. The summed E-state index contributed by atoms with van der Waals surface area (Å²) >= 11 is 0. The molecule has 0 aromatic heterocycles. The standard InChI is InChI=1S/C11H16F3NO4/c1-5-6-10(7(16)17,11(12,13)14)15-8(18)19-9(2,3)4/h5H,1,6H2,2-4H3,(H,15,18)(H,16,17)/t10-/m1/s1. The summed E-state index contributed by atoms with van der Waals surface area (Å²) in [6, 6.07) is 0. The van der Waals surface area contributed by atoms with Gasteiger partial charge >= 0.3 is 18.2 Å². The van der Waals surface area contributed by atoms with E-state index in [1.807, 2.05) is 0 Å². The van der Waals surface area contributed by atoms with E-state index in [0.717, 1.165) is 6.08 Å². The molecule has 0 aromatic rings. The number of carbonyl (C=O) groups excluding carboxylic acids is 1. The second-order valence-electron chi connectivity index (χ2n) is 4.83. The first-order valence-corrected chi connectivity index (χ1v) is 5.28. The minimum atomic E-state index is -5.19. The summed E-state index contributed by atoms with van der Waals surface area (Å²) in [5.74, 6) is -2.23. The predicted molar refractivity (Wildman–Crippen MR) is 60.6 cm³/mol. The number of hydrogen-bond donors (Lipinski definition) is 2. The van der Waals surface area contributed by atoms with Crippen molar-refractivity contribution < 1.29 is 32.6 Å². The van der Waals surface area contributed by atoms with E-state index in [2.05, 4.69) is 11.3 Å². The van der Waals surface area contributed by atoms with Crippen LogP contribution in [0.1, 0.15) is 27.2 Å². The second kappa shape index (κ2) is 5.50. The molecule has 2 N–H and O–H groups in total. The number of rotatable bonds is 4. The van der Waals surface area contributed by atoms with Crippen molar-refractivity contribution in [1.82, 2.24) is 5.32 Å². The van der Waals surface area contributed by atoms with Crippen LogP contribution in [0, 0.1) is 0 Å². The number of aliphatic carboxylic acids is 1. The molecule has 0 unspecified atom stereocenters. The molecule has 19 heavy (non-hydrogen) atoms. The lowest BCUT2D eigenvalue weighted by atomic mass is 9.94. The zero-order valence-electron chi connectivity index (χ0n) is 10.8. The van der Waals surface area contributed by atoms with E-state index in [0.29, 0.717) is 0 Å². The molecular weight excluding hydrogens is 267 g/mol. The highest BCUT2D eigenvalue weighted by Gasteiger charge is 2.61. The molecule has 0 radical (unpaired) electrons. The third-order valence-electron chi connectivity index (χ3n) is 2.01. The van der Waals surface area contributed by atoms with Gasteiger partial charge < -0.3 is 9.84 Å². The Bertz CT molecular complexity index is 373. The quantitative estimate of drug-likeness (QED) is 0.777. The zero-order chi connectivity index (χ0) is 15.5. The van der Waals surface area contributed by atoms with E-state index in [1.165, 1.54) is 26.1 Å². The number of alkyl halides is 3. The summed E-state index contributed by atoms with van der Waals surface area (Å²) in [6.07, 6.45) is -6.90. The molecule has 0 aromatic carbocycles.